The minimum atomic E-state index is -4.81. The predicted octanol–water partition coefficient (Wildman–Crippen LogP) is 4.70. The van der Waals surface area contributed by atoms with Gasteiger partial charge < -0.3 is 24.2 Å². The van der Waals surface area contributed by atoms with Gasteiger partial charge in [-0.1, -0.05) is 11.6 Å². The van der Waals surface area contributed by atoms with Crippen molar-refractivity contribution in [3.05, 3.63) is 59.1 Å². The first-order chi connectivity index (χ1) is 18.0. The van der Waals surface area contributed by atoms with E-state index in [0.717, 1.165) is 25.2 Å². The van der Waals surface area contributed by atoms with Gasteiger partial charge in [0, 0.05) is 61.7 Å². The Morgan fingerprint density at radius 1 is 0.921 bits per heavy atom. The number of hydrogen-bond donors (Lipinski definition) is 0. The van der Waals surface area contributed by atoms with Crippen molar-refractivity contribution >= 4 is 23.4 Å². The molecule has 0 spiro atoms. The van der Waals surface area contributed by atoms with Gasteiger partial charge in [0.25, 0.3) is 5.91 Å². The van der Waals surface area contributed by atoms with Crippen LogP contribution in [0.3, 0.4) is 0 Å². The highest BCUT2D eigenvalue weighted by Gasteiger charge is 2.41. The highest BCUT2D eigenvalue weighted by molar-refractivity contribution is 6.30. The second kappa shape index (κ2) is 11.8. The molecule has 0 unspecified atom stereocenters. The highest BCUT2D eigenvalue weighted by Crippen LogP contribution is 2.36. The second-order valence-corrected chi connectivity index (χ2v) is 10.4. The number of carbonyl (C=O) groups is 2. The zero-order valence-electron chi connectivity index (χ0n) is 21.2. The number of halogens is 4. The van der Waals surface area contributed by atoms with Gasteiger partial charge in [-0.3, -0.25) is 9.59 Å². The van der Waals surface area contributed by atoms with Gasteiger partial charge in [0.2, 0.25) is 5.91 Å². The molecule has 0 saturated carbocycles. The number of likely N-dealkylation sites (tertiary alicyclic amines) is 1. The van der Waals surface area contributed by atoms with Crippen LogP contribution in [-0.4, -0.2) is 85.8 Å². The second-order valence-electron chi connectivity index (χ2n) is 10.0. The third kappa shape index (κ3) is 7.54. The van der Waals surface area contributed by atoms with Crippen LogP contribution in [0.25, 0.3) is 0 Å². The van der Waals surface area contributed by atoms with Gasteiger partial charge in [0.05, 0.1) is 6.61 Å². The lowest BCUT2D eigenvalue weighted by molar-refractivity contribution is -0.274. The molecule has 0 bridgehead atoms. The third-order valence-corrected chi connectivity index (χ3v) is 7.28. The van der Waals surface area contributed by atoms with Crippen LogP contribution in [-0.2, 0) is 4.79 Å². The molecule has 0 N–H and O–H groups in total. The molecule has 38 heavy (non-hydrogen) atoms. The normalized spacial score (nSPS) is 20.8. The first kappa shape index (κ1) is 28.0. The molecule has 2 saturated heterocycles. The topological polar surface area (TPSA) is 62.3 Å². The van der Waals surface area contributed by atoms with Gasteiger partial charge >= 0.3 is 6.36 Å². The highest BCUT2D eigenvalue weighted by atomic mass is 35.5. The van der Waals surface area contributed by atoms with Crippen LogP contribution in [0.15, 0.2) is 48.5 Å². The summed E-state index contributed by atoms with van der Waals surface area (Å²) in [5.41, 5.74) is -0.368. The van der Waals surface area contributed by atoms with Crippen molar-refractivity contribution in [2.45, 2.75) is 25.6 Å². The van der Waals surface area contributed by atoms with E-state index in [4.69, 9.17) is 16.3 Å². The Morgan fingerprint density at radius 2 is 1.55 bits per heavy atom. The molecule has 11 heteroatoms. The Labute approximate surface area is 225 Å². The summed E-state index contributed by atoms with van der Waals surface area (Å²) < 4.78 is 47.5. The minimum Gasteiger partial charge on any atom is -0.493 e. The summed E-state index contributed by atoms with van der Waals surface area (Å²) in [4.78, 5) is 32.4. The maximum atomic E-state index is 13.4. The number of likely N-dealkylation sites (N-methyl/N-ethyl adjacent to an activating group) is 1. The number of ether oxygens (including phenoxy) is 2. The Bertz CT molecular complexity index is 1110. The van der Waals surface area contributed by atoms with E-state index in [9.17, 15) is 22.8 Å². The van der Waals surface area contributed by atoms with E-state index in [2.05, 4.69) is 9.64 Å². The third-order valence-electron chi connectivity index (χ3n) is 7.02. The van der Waals surface area contributed by atoms with Gasteiger partial charge in [-0.05, 0) is 68.4 Å². The van der Waals surface area contributed by atoms with Crippen LogP contribution >= 0.6 is 11.6 Å². The van der Waals surface area contributed by atoms with E-state index in [-0.39, 0.29) is 30.4 Å². The molecular formula is C27H31ClF3N3O4. The summed E-state index contributed by atoms with van der Waals surface area (Å²) >= 11 is 5.99. The summed E-state index contributed by atoms with van der Waals surface area (Å²) in [5, 5.41) is 0.582. The quantitative estimate of drug-likeness (QED) is 0.497. The van der Waals surface area contributed by atoms with E-state index in [1.165, 1.54) is 12.1 Å². The van der Waals surface area contributed by atoms with Crippen LogP contribution in [0.2, 0.25) is 5.02 Å². The fraction of sp³-hybridized carbons (Fsp3) is 0.481. The number of carbonyl (C=O) groups excluding carboxylic acids is 2. The predicted molar refractivity (Wildman–Crippen MR) is 136 cm³/mol. The van der Waals surface area contributed by atoms with Crippen molar-refractivity contribution < 1.29 is 32.2 Å². The molecule has 2 aromatic carbocycles. The molecule has 4 rings (SSSR count). The lowest BCUT2D eigenvalue weighted by atomic mass is 9.77. The average Bonchev–Trinajstić information content (AvgIpc) is 2.88. The summed E-state index contributed by atoms with van der Waals surface area (Å²) in [6.45, 7) is 3.91. The zero-order valence-corrected chi connectivity index (χ0v) is 21.9. The molecule has 2 aliphatic heterocycles. The maximum absolute atomic E-state index is 13.4. The number of alkyl halides is 3. The Hall–Kier alpha value is -2.98. The number of piperazine rings is 1. The molecule has 2 amide bonds. The number of hydrogen-bond acceptors (Lipinski definition) is 5. The summed E-state index contributed by atoms with van der Waals surface area (Å²) in [7, 11) is 2.02. The summed E-state index contributed by atoms with van der Waals surface area (Å²) in [6.07, 6.45) is -3.21. The van der Waals surface area contributed by atoms with Crippen LogP contribution in [0.4, 0.5) is 13.2 Å². The molecule has 0 aliphatic carbocycles. The Kier molecular flexibility index (Phi) is 8.72. The van der Waals surface area contributed by atoms with Gasteiger partial charge in [0.15, 0.2) is 0 Å². The van der Waals surface area contributed by atoms with Gasteiger partial charge in [-0.2, -0.15) is 0 Å². The minimum absolute atomic E-state index is 0.0285. The van der Waals surface area contributed by atoms with Crippen LogP contribution in [0.1, 0.15) is 29.6 Å². The molecular weight excluding hydrogens is 523 g/mol. The molecule has 0 aromatic heterocycles. The van der Waals surface area contributed by atoms with Gasteiger partial charge in [-0.25, -0.2) is 0 Å². The SMILES string of the molecule is CN1CCN(C(=O)C[C@]2(COc3ccc(Cl)cc3)CCCN(C(=O)c3ccc(OC(F)(F)F)cc3)C2)CC1. The fourth-order valence-electron chi connectivity index (χ4n) is 4.93. The zero-order chi connectivity index (χ0) is 27.3. The Balaban J connectivity index is 1.50. The number of piperidine rings is 1. The lowest BCUT2D eigenvalue weighted by Gasteiger charge is -2.43. The number of amides is 2. The summed E-state index contributed by atoms with van der Waals surface area (Å²) in [6, 6.07) is 11.8. The average molecular weight is 554 g/mol. The van der Waals surface area contributed by atoms with E-state index < -0.39 is 17.5 Å². The van der Waals surface area contributed by atoms with E-state index in [0.29, 0.717) is 49.8 Å². The van der Waals surface area contributed by atoms with Crippen LogP contribution < -0.4 is 9.47 Å². The number of benzene rings is 2. The lowest BCUT2D eigenvalue weighted by Crippen LogP contribution is -2.53. The molecule has 206 valence electrons. The van der Waals surface area contributed by atoms with Gasteiger partial charge in [-0.15, -0.1) is 13.2 Å². The van der Waals surface area contributed by atoms with Crippen LogP contribution in [0, 0.1) is 5.41 Å². The molecule has 0 radical (unpaired) electrons. The van der Waals surface area contributed by atoms with Crippen molar-refractivity contribution in [2.24, 2.45) is 5.41 Å². The van der Waals surface area contributed by atoms with Crippen molar-refractivity contribution in [1.29, 1.82) is 0 Å². The van der Waals surface area contributed by atoms with Crippen molar-refractivity contribution in [2.75, 3.05) is 52.9 Å². The standard InChI is InChI=1S/C27H31ClF3N3O4/c1-32-13-15-33(16-14-32)24(35)17-26(19-37-22-9-5-21(28)6-10-22)11-2-12-34(18-26)25(36)20-3-7-23(8-4-20)38-27(29,30)31/h3-10H,2,11-19H2,1H3/t26-/m1/s1. The van der Waals surface area contributed by atoms with Crippen molar-refractivity contribution in [1.82, 2.24) is 14.7 Å². The van der Waals surface area contributed by atoms with Crippen LogP contribution in [0.5, 0.6) is 11.5 Å². The molecule has 2 aromatic rings. The molecule has 1 atom stereocenters. The summed E-state index contributed by atoms with van der Waals surface area (Å²) in [5.74, 6) is -0.0624. The van der Waals surface area contributed by atoms with E-state index in [1.54, 1.807) is 29.2 Å². The largest absolute Gasteiger partial charge is 0.573 e. The first-order valence-corrected chi connectivity index (χ1v) is 12.9. The van der Waals surface area contributed by atoms with E-state index in [1.807, 2.05) is 11.9 Å². The Morgan fingerprint density at radius 3 is 2.18 bits per heavy atom. The monoisotopic (exact) mass is 553 g/mol. The molecule has 2 heterocycles. The maximum Gasteiger partial charge on any atom is 0.573 e. The molecule has 2 aliphatic rings. The van der Waals surface area contributed by atoms with E-state index >= 15 is 0 Å². The van der Waals surface area contributed by atoms with Crippen molar-refractivity contribution in [3.8, 4) is 11.5 Å². The molecule has 2 fully saturated rings. The fourth-order valence-corrected chi connectivity index (χ4v) is 5.06. The number of nitrogens with zero attached hydrogens (tertiary/aromatic N) is 3. The smallest absolute Gasteiger partial charge is 0.493 e. The first-order valence-electron chi connectivity index (χ1n) is 12.5. The number of rotatable bonds is 7. The van der Waals surface area contributed by atoms with Gasteiger partial charge in [0.1, 0.15) is 11.5 Å². The molecule has 7 nitrogen and oxygen atoms in total. The van der Waals surface area contributed by atoms with Crippen molar-refractivity contribution in [3.63, 3.8) is 0 Å².